The third-order valence-electron chi connectivity index (χ3n) is 2.09. The van der Waals surface area contributed by atoms with E-state index in [9.17, 15) is 17.6 Å². The predicted octanol–water partition coefficient (Wildman–Crippen LogP) is 2.56. The maximum atomic E-state index is 13.3. The molecule has 0 spiro atoms. The summed E-state index contributed by atoms with van der Waals surface area (Å²) < 4.78 is 43.8. The van der Waals surface area contributed by atoms with Crippen molar-refractivity contribution in [3.63, 3.8) is 0 Å². The summed E-state index contributed by atoms with van der Waals surface area (Å²) in [5, 5.41) is -0.186. The third-order valence-corrected chi connectivity index (χ3v) is 3.27. The molecule has 0 aliphatic heterocycles. The number of benzene rings is 1. The SMILES string of the molecule is CC(C)C(=O)c1cc(S(=O)(=O)O)c(F)cc1Cl. The number of ketones is 1. The topological polar surface area (TPSA) is 71.4 Å². The van der Waals surface area contributed by atoms with Gasteiger partial charge >= 0.3 is 0 Å². The van der Waals surface area contributed by atoms with E-state index in [0.717, 1.165) is 6.07 Å². The highest BCUT2D eigenvalue weighted by atomic mass is 35.5. The normalized spacial score (nSPS) is 11.9. The van der Waals surface area contributed by atoms with Crippen molar-refractivity contribution in [3.8, 4) is 0 Å². The molecule has 1 aromatic rings. The molecular weight excluding hydrogens is 271 g/mol. The average molecular weight is 281 g/mol. The monoisotopic (exact) mass is 280 g/mol. The Morgan fingerprint density at radius 1 is 1.41 bits per heavy atom. The molecule has 0 amide bonds. The molecule has 0 fully saturated rings. The lowest BCUT2D eigenvalue weighted by Crippen LogP contribution is -2.11. The lowest BCUT2D eigenvalue weighted by molar-refractivity contribution is 0.0939. The van der Waals surface area contributed by atoms with Crippen LogP contribution >= 0.6 is 11.6 Å². The van der Waals surface area contributed by atoms with Crippen molar-refractivity contribution >= 4 is 27.5 Å². The van der Waals surface area contributed by atoms with Crippen molar-refractivity contribution in [3.05, 3.63) is 28.5 Å². The lowest BCUT2D eigenvalue weighted by Gasteiger charge is -2.08. The van der Waals surface area contributed by atoms with Crippen LogP contribution in [0.3, 0.4) is 0 Å². The molecule has 0 aromatic heterocycles. The molecule has 0 aliphatic carbocycles. The zero-order valence-electron chi connectivity index (χ0n) is 9.07. The summed E-state index contributed by atoms with van der Waals surface area (Å²) in [6, 6.07) is 1.44. The van der Waals surface area contributed by atoms with Crippen molar-refractivity contribution in [1.29, 1.82) is 0 Å². The molecule has 4 nitrogen and oxygen atoms in total. The zero-order valence-corrected chi connectivity index (χ0v) is 10.6. The molecule has 0 heterocycles. The quantitative estimate of drug-likeness (QED) is 0.682. The van der Waals surface area contributed by atoms with Crippen LogP contribution in [-0.4, -0.2) is 18.8 Å². The fourth-order valence-corrected chi connectivity index (χ4v) is 2.04. The first kappa shape index (κ1) is 14.1. The second-order valence-corrected chi connectivity index (χ2v) is 5.55. The van der Waals surface area contributed by atoms with Gasteiger partial charge in [0.15, 0.2) is 5.78 Å². The van der Waals surface area contributed by atoms with Gasteiger partial charge in [-0.1, -0.05) is 25.4 Å². The first-order valence-corrected chi connectivity index (χ1v) is 6.47. The van der Waals surface area contributed by atoms with E-state index in [-0.39, 0.29) is 10.6 Å². The lowest BCUT2D eigenvalue weighted by atomic mass is 10.0. The summed E-state index contributed by atoms with van der Waals surface area (Å²) in [5.41, 5.74) is -0.129. The highest BCUT2D eigenvalue weighted by Gasteiger charge is 2.22. The number of hydrogen-bond donors (Lipinski definition) is 1. The van der Waals surface area contributed by atoms with Crippen LogP contribution in [0.15, 0.2) is 17.0 Å². The van der Waals surface area contributed by atoms with E-state index >= 15 is 0 Å². The molecule has 94 valence electrons. The van der Waals surface area contributed by atoms with Crippen molar-refractivity contribution in [1.82, 2.24) is 0 Å². The van der Waals surface area contributed by atoms with Gasteiger partial charge in [0.25, 0.3) is 10.1 Å². The van der Waals surface area contributed by atoms with Crippen LogP contribution < -0.4 is 0 Å². The molecule has 17 heavy (non-hydrogen) atoms. The van der Waals surface area contributed by atoms with Crippen LogP contribution in [0.25, 0.3) is 0 Å². The van der Waals surface area contributed by atoms with E-state index in [2.05, 4.69) is 0 Å². The zero-order chi connectivity index (χ0) is 13.4. The predicted molar refractivity (Wildman–Crippen MR) is 60.4 cm³/mol. The van der Waals surface area contributed by atoms with Gasteiger partial charge in [-0.15, -0.1) is 0 Å². The summed E-state index contributed by atoms with van der Waals surface area (Å²) in [4.78, 5) is 10.7. The minimum Gasteiger partial charge on any atom is -0.294 e. The second kappa shape index (κ2) is 4.72. The number of rotatable bonds is 3. The van der Waals surface area contributed by atoms with Gasteiger partial charge in [-0.3, -0.25) is 9.35 Å². The highest BCUT2D eigenvalue weighted by molar-refractivity contribution is 7.85. The van der Waals surface area contributed by atoms with Crippen molar-refractivity contribution < 1.29 is 22.2 Å². The standard InChI is InChI=1S/C10H10ClFO4S/c1-5(2)10(13)6-3-9(17(14,15)16)8(12)4-7(6)11/h3-5H,1-2H3,(H,14,15,16). The van der Waals surface area contributed by atoms with E-state index in [1.165, 1.54) is 0 Å². The van der Waals surface area contributed by atoms with Gasteiger partial charge in [0.2, 0.25) is 0 Å². The largest absolute Gasteiger partial charge is 0.297 e. The van der Waals surface area contributed by atoms with Crippen LogP contribution in [0.4, 0.5) is 4.39 Å². The van der Waals surface area contributed by atoms with E-state index in [0.29, 0.717) is 6.07 Å². The van der Waals surface area contributed by atoms with Gasteiger partial charge in [0, 0.05) is 11.5 Å². The van der Waals surface area contributed by atoms with Crippen LogP contribution in [-0.2, 0) is 10.1 Å². The number of halogens is 2. The van der Waals surface area contributed by atoms with Gasteiger partial charge in [-0.05, 0) is 12.1 Å². The molecule has 0 saturated heterocycles. The second-order valence-electron chi connectivity index (χ2n) is 3.76. The highest BCUT2D eigenvalue weighted by Crippen LogP contribution is 2.25. The molecule has 1 N–H and O–H groups in total. The van der Waals surface area contributed by atoms with E-state index in [4.69, 9.17) is 16.2 Å². The summed E-state index contributed by atoms with van der Waals surface area (Å²) in [5.74, 6) is -2.05. The van der Waals surface area contributed by atoms with Crippen LogP contribution in [0.5, 0.6) is 0 Å². The van der Waals surface area contributed by atoms with Gasteiger partial charge in [0.1, 0.15) is 10.7 Å². The van der Waals surface area contributed by atoms with Gasteiger partial charge in [-0.25, -0.2) is 4.39 Å². The van der Waals surface area contributed by atoms with Crippen molar-refractivity contribution in [2.75, 3.05) is 0 Å². The minimum absolute atomic E-state index is 0.129. The Morgan fingerprint density at radius 2 is 1.94 bits per heavy atom. The molecule has 1 rings (SSSR count). The number of hydrogen-bond acceptors (Lipinski definition) is 3. The molecule has 0 unspecified atom stereocenters. The Balaban J connectivity index is 3.50. The maximum absolute atomic E-state index is 13.3. The van der Waals surface area contributed by atoms with E-state index in [1.807, 2.05) is 0 Å². The first-order chi connectivity index (χ1) is 7.64. The third kappa shape index (κ3) is 3.02. The Hall–Kier alpha value is -0.980. The summed E-state index contributed by atoms with van der Waals surface area (Å²) in [6.45, 7) is 3.18. The maximum Gasteiger partial charge on any atom is 0.297 e. The smallest absolute Gasteiger partial charge is 0.294 e. The summed E-state index contributed by atoms with van der Waals surface area (Å²) in [7, 11) is -4.72. The fourth-order valence-electron chi connectivity index (χ4n) is 1.23. The van der Waals surface area contributed by atoms with E-state index < -0.39 is 32.5 Å². The summed E-state index contributed by atoms with van der Waals surface area (Å²) >= 11 is 5.65. The van der Waals surface area contributed by atoms with Gasteiger partial charge in [-0.2, -0.15) is 8.42 Å². The summed E-state index contributed by atoms with van der Waals surface area (Å²) in [6.07, 6.45) is 0. The minimum atomic E-state index is -4.72. The molecule has 7 heteroatoms. The molecular formula is C10H10ClFO4S. The van der Waals surface area contributed by atoms with Crippen LogP contribution in [0.1, 0.15) is 24.2 Å². The Bertz CT molecular complexity index is 566. The molecule has 0 aliphatic rings. The molecule has 0 radical (unpaired) electrons. The van der Waals surface area contributed by atoms with Crippen molar-refractivity contribution in [2.45, 2.75) is 18.7 Å². The van der Waals surface area contributed by atoms with Gasteiger partial charge in [0.05, 0.1) is 5.02 Å². The average Bonchev–Trinajstić information content (AvgIpc) is 2.14. The number of Topliss-reactive ketones (excluding diaryl/α,β-unsaturated/α-hetero) is 1. The number of carbonyl (C=O) groups excluding carboxylic acids is 1. The Kier molecular flexibility index (Phi) is 3.91. The molecule has 0 bridgehead atoms. The molecule has 0 atom stereocenters. The van der Waals surface area contributed by atoms with Crippen LogP contribution in [0, 0.1) is 11.7 Å². The van der Waals surface area contributed by atoms with Crippen molar-refractivity contribution in [2.24, 2.45) is 5.92 Å². The fraction of sp³-hybridized carbons (Fsp3) is 0.300. The number of carbonyl (C=O) groups is 1. The van der Waals surface area contributed by atoms with E-state index in [1.54, 1.807) is 13.8 Å². The van der Waals surface area contributed by atoms with Crippen LogP contribution in [0.2, 0.25) is 5.02 Å². The Labute approximate surface area is 103 Å². The van der Waals surface area contributed by atoms with Gasteiger partial charge < -0.3 is 0 Å². The Morgan fingerprint density at radius 3 is 2.35 bits per heavy atom. The first-order valence-electron chi connectivity index (χ1n) is 4.65. The molecule has 0 saturated carbocycles. The molecule has 1 aromatic carbocycles.